The van der Waals surface area contributed by atoms with Crippen LogP contribution >= 0.6 is 0 Å². The van der Waals surface area contributed by atoms with Crippen LogP contribution in [-0.2, 0) is 0 Å². The zero-order chi connectivity index (χ0) is 23.1. The zero-order valence-corrected chi connectivity index (χ0v) is 19.1. The fourth-order valence-corrected chi connectivity index (χ4v) is 4.39. The maximum atomic E-state index is 12.7. The molecule has 0 aliphatic carbocycles. The van der Waals surface area contributed by atoms with Crippen LogP contribution in [0.1, 0.15) is 38.6 Å². The van der Waals surface area contributed by atoms with Gasteiger partial charge in [-0.25, -0.2) is 5.43 Å². The van der Waals surface area contributed by atoms with Crippen LogP contribution in [0.2, 0.25) is 0 Å². The lowest BCUT2D eigenvalue weighted by Crippen LogP contribution is -2.16. The average molecular weight is 436 g/mol. The van der Waals surface area contributed by atoms with Gasteiger partial charge in [-0.3, -0.25) is 4.79 Å². The Kier molecular flexibility index (Phi) is 5.09. The number of furan rings is 1. The van der Waals surface area contributed by atoms with Crippen molar-refractivity contribution in [1.29, 1.82) is 0 Å². The summed E-state index contributed by atoms with van der Waals surface area (Å²) in [7, 11) is 0. The number of hydrogen-bond donors (Lipinski definition) is 1. The van der Waals surface area contributed by atoms with E-state index in [0.29, 0.717) is 5.58 Å². The summed E-state index contributed by atoms with van der Waals surface area (Å²) in [4.78, 5) is 12.7. The van der Waals surface area contributed by atoms with Crippen molar-refractivity contribution >= 4 is 33.9 Å². The van der Waals surface area contributed by atoms with Gasteiger partial charge in [0.25, 0.3) is 0 Å². The first-order valence-electron chi connectivity index (χ1n) is 10.9. The molecular formula is C28H25N3O2. The second-order valence-corrected chi connectivity index (χ2v) is 8.39. The summed E-state index contributed by atoms with van der Waals surface area (Å²) in [5, 5.41) is 7.28. The van der Waals surface area contributed by atoms with Crippen LogP contribution in [-0.4, -0.2) is 16.7 Å². The van der Waals surface area contributed by atoms with E-state index in [-0.39, 0.29) is 11.7 Å². The molecule has 0 spiro atoms. The Bertz CT molecular complexity index is 1550. The van der Waals surface area contributed by atoms with Crippen LogP contribution in [0.5, 0.6) is 0 Å². The number of rotatable bonds is 4. The summed E-state index contributed by atoms with van der Waals surface area (Å²) in [6.07, 6.45) is 1.68. The maximum absolute atomic E-state index is 12.7. The smallest absolute Gasteiger partial charge is 0.307 e. The number of nitrogens with one attached hydrogen (secondary N) is 1. The number of aryl methyl sites for hydroxylation is 2. The van der Waals surface area contributed by atoms with E-state index < -0.39 is 0 Å². The van der Waals surface area contributed by atoms with Crippen molar-refractivity contribution in [3.63, 3.8) is 0 Å². The molecule has 1 N–H and O–H groups in total. The first kappa shape index (κ1) is 20.8. The van der Waals surface area contributed by atoms with E-state index >= 15 is 0 Å². The van der Waals surface area contributed by atoms with Gasteiger partial charge in [-0.05, 0) is 73.9 Å². The molecular weight excluding hydrogens is 410 g/mol. The Labute approximate surface area is 192 Å². The van der Waals surface area contributed by atoms with Crippen molar-refractivity contribution in [2.24, 2.45) is 5.10 Å². The Morgan fingerprint density at radius 3 is 2.61 bits per heavy atom. The average Bonchev–Trinajstić information content (AvgIpc) is 3.37. The Morgan fingerprint density at radius 2 is 1.76 bits per heavy atom. The van der Waals surface area contributed by atoms with Gasteiger partial charge in [0.15, 0.2) is 5.76 Å². The molecule has 0 unspecified atom stereocenters. The lowest BCUT2D eigenvalue weighted by atomic mass is 10.1. The second-order valence-electron chi connectivity index (χ2n) is 8.39. The fourth-order valence-electron chi connectivity index (χ4n) is 4.39. The number of hydrogen-bond acceptors (Lipinski definition) is 3. The van der Waals surface area contributed by atoms with Crippen LogP contribution in [0.3, 0.4) is 0 Å². The fraction of sp³-hybridized carbons (Fsp3) is 0.143. The van der Waals surface area contributed by atoms with Crippen LogP contribution in [0.15, 0.2) is 76.2 Å². The van der Waals surface area contributed by atoms with E-state index in [9.17, 15) is 4.79 Å². The van der Waals surface area contributed by atoms with Gasteiger partial charge in [-0.15, -0.1) is 0 Å². The van der Waals surface area contributed by atoms with Gasteiger partial charge in [0.2, 0.25) is 0 Å². The molecule has 0 saturated heterocycles. The first-order chi connectivity index (χ1) is 15.9. The lowest BCUT2D eigenvalue weighted by molar-refractivity contribution is 0.0929. The minimum absolute atomic E-state index is 0.236. The van der Waals surface area contributed by atoms with E-state index in [0.717, 1.165) is 38.8 Å². The molecule has 0 atom stereocenters. The molecule has 0 aliphatic heterocycles. The zero-order valence-electron chi connectivity index (χ0n) is 19.1. The van der Waals surface area contributed by atoms with Crippen molar-refractivity contribution in [2.75, 3.05) is 0 Å². The van der Waals surface area contributed by atoms with Crippen LogP contribution in [0.25, 0.3) is 27.4 Å². The highest BCUT2D eigenvalue weighted by Crippen LogP contribution is 2.28. The molecule has 2 heterocycles. The summed E-state index contributed by atoms with van der Waals surface area (Å²) in [6, 6.07) is 22.1. The minimum atomic E-state index is -0.380. The van der Waals surface area contributed by atoms with Crippen molar-refractivity contribution in [3.8, 4) is 5.69 Å². The van der Waals surface area contributed by atoms with Crippen molar-refractivity contribution in [3.05, 3.63) is 101 Å². The molecule has 5 heteroatoms. The molecule has 33 heavy (non-hydrogen) atoms. The molecule has 164 valence electrons. The van der Waals surface area contributed by atoms with Gasteiger partial charge in [-0.2, -0.15) is 5.10 Å². The summed E-state index contributed by atoms with van der Waals surface area (Å²) < 4.78 is 8.00. The summed E-state index contributed by atoms with van der Waals surface area (Å²) in [5.74, 6) is -0.144. The maximum Gasteiger partial charge on any atom is 0.307 e. The molecule has 5 aromatic rings. The first-order valence-corrected chi connectivity index (χ1v) is 10.9. The number of amides is 1. The number of hydrazone groups is 1. The predicted octanol–water partition coefficient (Wildman–Crippen LogP) is 6.37. The molecule has 3 aromatic carbocycles. The molecule has 5 nitrogen and oxygen atoms in total. The van der Waals surface area contributed by atoms with E-state index in [2.05, 4.69) is 67.1 Å². The van der Waals surface area contributed by atoms with Crippen molar-refractivity contribution in [1.82, 2.24) is 9.99 Å². The van der Waals surface area contributed by atoms with Gasteiger partial charge in [0, 0.05) is 28.0 Å². The predicted molar refractivity (Wildman–Crippen MR) is 133 cm³/mol. The molecule has 1 amide bonds. The molecule has 0 saturated carbocycles. The van der Waals surface area contributed by atoms with E-state index in [1.807, 2.05) is 36.4 Å². The van der Waals surface area contributed by atoms with E-state index in [4.69, 9.17) is 4.42 Å². The largest absolute Gasteiger partial charge is 0.451 e. The normalized spacial score (nSPS) is 11.6. The molecule has 0 aliphatic rings. The van der Waals surface area contributed by atoms with Crippen molar-refractivity contribution in [2.45, 2.75) is 27.7 Å². The van der Waals surface area contributed by atoms with Gasteiger partial charge >= 0.3 is 5.91 Å². The third-order valence-corrected chi connectivity index (χ3v) is 6.31. The monoisotopic (exact) mass is 435 g/mol. The highest BCUT2D eigenvalue weighted by atomic mass is 16.3. The lowest BCUT2D eigenvalue weighted by Gasteiger charge is -2.14. The summed E-state index contributed by atoms with van der Waals surface area (Å²) >= 11 is 0. The summed E-state index contributed by atoms with van der Waals surface area (Å²) in [6.45, 7) is 8.38. The number of fused-ring (bicyclic) bond motifs is 3. The van der Waals surface area contributed by atoms with Crippen molar-refractivity contribution < 1.29 is 9.21 Å². The number of nitrogens with zero attached hydrogens (tertiary/aromatic N) is 2. The highest BCUT2D eigenvalue weighted by Gasteiger charge is 2.15. The molecule has 5 rings (SSSR count). The Hall–Kier alpha value is -4.12. The van der Waals surface area contributed by atoms with Crippen LogP contribution in [0, 0.1) is 27.7 Å². The standard InChI is InChI=1S/C28H25N3O2/c1-17-8-7-11-25(19(17)3)31-18(2)14-22(20(31)4)16-29-30-28(32)27-15-24-23-10-6-5-9-21(23)12-13-26(24)33-27/h5-16H,1-4H3,(H,30,32)/b29-16-. The quantitative estimate of drug-likeness (QED) is 0.263. The minimum Gasteiger partial charge on any atom is -0.451 e. The van der Waals surface area contributed by atoms with Gasteiger partial charge in [0.05, 0.1) is 6.21 Å². The Balaban J connectivity index is 1.39. The molecule has 2 aromatic heterocycles. The molecule has 0 bridgehead atoms. The Morgan fingerprint density at radius 1 is 0.939 bits per heavy atom. The third-order valence-electron chi connectivity index (χ3n) is 6.31. The third kappa shape index (κ3) is 3.61. The topological polar surface area (TPSA) is 59.5 Å². The highest BCUT2D eigenvalue weighted by molar-refractivity contribution is 6.08. The second kappa shape index (κ2) is 8.10. The summed E-state index contributed by atoms with van der Waals surface area (Å²) in [5.41, 5.74) is 10.1. The number of aromatic nitrogens is 1. The number of carbonyl (C=O) groups is 1. The van der Waals surface area contributed by atoms with E-state index in [1.165, 1.54) is 11.1 Å². The van der Waals surface area contributed by atoms with Gasteiger partial charge in [-0.1, -0.05) is 42.5 Å². The van der Waals surface area contributed by atoms with E-state index in [1.54, 1.807) is 12.3 Å². The van der Waals surface area contributed by atoms with Gasteiger partial charge in [0.1, 0.15) is 5.58 Å². The number of carbonyl (C=O) groups excluding carboxylic acids is 1. The van der Waals surface area contributed by atoms with Crippen LogP contribution in [0.4, 0.5) is 0 Å². The van der Waals surface area contributed by atoms with Crippen LogP contribution < -0.4 is 5.43 Å². The number of benzene rings is 3. The molecule has 0 fully saturated rings. The molecule has 0 radical (unpaired) electrons. The SMILES string of the molecule is Cc1cccc(-n2c(C)cc(/C=N\NC(=O)c3cc4c(ccc5ccccc54)o3)c2C)c1C. The van der Waals surface area contributed by atoms with Gasteiger partial charge < -0.3 is 8.98 Å².